The van der Waals surface area contributed by atoms with E-state index in [4.69, 9.17) is 14.6 Å². The number of likely N-dealkylation sites (tertiary alicyclic amines) is 1. The maximum absolute atomic E-state index is 12.5. The van der Waals surface area contributed by atoms with E-state index in [-0.39, 0.29) is 24.0 Å². The highest BCUT2D eigenvalue weighted by molar-refractivity contribution is 7.09. The minimum absolute atomic E-state index is 0.0358. The summed E-state index contributed by atoms with van der Waals surface area (Å²) in [5.74, 6) is -2.17. The van der Waals surface area contributed by atoms with Crippen LogP contribution in [0.3, 0.4) is 0 Å². The Balaban J connectivity index is 0.000000345. The molecule has 2 aliphatic rings. The monoisotopic (exact) mass is 423 g/mol. The molecule has 1 amide bonds. The molecule has 0 bridgehead atoms. The highest BCUT2D eigenvalue weighted by atomic mass is 32.1. The third-order valence-corrected chi connectivity index (χ3v) is 5.29. The first-order valence-corrected chi connectivity index (χ1v) is 9.78. The van der Waals surface area contributed by atoms with Gasteiger partial charge in [-0.05, 0) is 20.3 Å². The summed E-state index contributed by atoms with van der Waals surface area (Å²) in [5, 5.41) is 13.3. The predicted molar refractivity (Wildman–Crippen MR) is 95.7 cm³/mol. The van der Waals surface area contributed by atoms with Crippen molar-refractivity contribution in [2.24, 2.45) is 11.8 Å². The Hall–Kier alpha value is -1.72. The molecule has 1 aromatic heterocycles. The molecule has 2 N–H and O–H groups in total. The van der Waals surface area contributed by atoms with Gasteiger partial charge in [-0.15, -0.1) is 11.3 Å². The zero-order chi connectivity index (χ0) is 20.9. The molecule has 0 spiro atoms. The van der Waals surface area contributed by atoms with Crippen LogP contribution in [0.25, 0.3) is 0 Å². The highest BCUT2D eigenvalue weighted by Gasteiger charge is 2.44. The lowest BCUT2D eigenvalue weighted by atomic mass is 9.82. The fourth-order valence-electron chi connectivity index (χ4n) is 3.38. The van der Waals surface area contributed by atoms with E-state index in [1.54, 1.807) is 11.3 Å². The van der Waals surface area contributed by atoms with Gasteiger partial charge in [0.25, 0.3) is 0 Å². The van der Waals surface area contributed by atoms with Crippen LogP contribution in [0.1, 0.15) is 25.3 Å². The van der Waals surface area contributed by atoms with Gasteiger partial charge in [-0.1, -0.05) is 0 Å². The summed E-state index contributed by atoms with van der Waals surface area (Å²) in [5.41, 5.74) is 0. The molecule has 11 heteroatoms. The molecule has 3 rings (SSSR count). The molecule has 0 saturated carbocycles. The summed E-state index contributed by atoms with van der Waals surface area (Å²) in [4.78, 5) is 28.1. The number of aliphatic carboxylic acids is 1. The topological polar surface area (TPSA) is 91.8 Å². The first-order chi connectivity index (χ1) is 13.1. The van der Waals surface area contributed by atoms with Crippen molar-refractivity contribution in [3.05, 3.63) is 16.6 Å². The molecular weight excluding hydrogens is 399 g/mol. The number of fused-ring (bicyclic) bond motifs is 1. The maximum atomic E-state index is 12.5. The van der Waals surface area contributed by atoms with E-state index in [0.29, 0.717) is 5.92 Å². The normalized spacial score (nSPS) is 25.0. The van der Waals surface area contributed by atoms with E-state index in [9.17, 15) is 18.0 Å². The number of rotatable bonds is 4. The number of piperidine rings is 1. The van der Waals surface area contributed by atoms with Crippen LogP contribution < -0.4 is 5.32 Å². The number of nitrogens with one attached hydrogen (secondary N) is 1. The van der Waals surface area contributed by atoms with E-state index in [1.807, 2.05) is 25.4 Å². The quantitative estimate of drug-likeness (QED) is 0.771. The van der Waals surface area contributed by atoms with E-state index in [2.05, 4.69) is 15.2 Å². The molecule has 0 aromatic carbocycles. The Morgan fingerprint density at radius 3 is 2.64 bits per heavy atom. The number of hydrogen-bond donors (Lipinski definition) is 2. The number of ether oxygens (including phenoxy) is 1. The number of carbonyl (C=O) groups is 2. The van der Waals surface area contributed by atoms with Gasteiger partial charge in [0.05, 0.1) is 18.6 Å². The smallest absolute Gasteiger partial charge is 0.475 e. The molecule has 2 saturated heterocycles. The SMILES string of the molecule is CC(C)NC(=O)[C@H]1CN(Cc2nccs2)C[C@H]2OCC[C@@H]12.O=C(O)C(F)(F)F. The van der Waals surface area contributed by atoms with Crippen LogP contribution in [0, 0.1) is 11.8 Å². The summed E-state index contributed by atoms with van der Waals surface area (Å²) in [6.07, 6.45) is -2.05. The van der Waals surface area contributed by atoms with Crippen molar-refractivity contribution in [1.82, 2.24) is 15.2 Å². The van der Waals surface area contributed by atoms with Gasteiger partial charge in [0.15, 0.2) is 0 Å². The fraction of sp³-hybridized carbons (Fsp3) is 0.706. The Kier molecular flexibility index (Phi) is 7.79. The van der Waals surface area contributed by atoms with Crippen molar-refractivity contribution in [3.63, 3.8) is 0 Å². The van der Waals surface area contributed by atoms with Crippen molar-refractivity contribution in [3.8, 4) is 0 Å². The molecule has 2 aliphatic heterocycles. The van der Waals surface area contributed by atoms with Crippen molar-refractivity contribution < 1.29 is 32.6 Å². The number of amides is 1. The minimum atomic E-state index is -5.08. The summed E-state index contributed by atoms with van der Waals surface area (Å²) in [7, 11) is 0. The molecule has 2 fully saturated rings. The third kappa shape index (κ3) is 6.42. The molecule has 158 valence electrons. The lowest BCUT2D eigenvalue weighted by molar-refractivity contribution is -0.192. The third-order valence-electron chi connectivity index (χ3n) is 4.52. The van der Waals surface area contributed by atoms with Crippen LogP contribution in [0.2, 0.25) is 0 Å². The number of hydrogen-bond acceptors (Lipinski definition) is 6. The molecule has 0 radical (unpaired) electrons. The zero-order valence-corrected chi connectivity index (χ0v) is 16.4. The van der Waals surface area contributed by atoms with Crippen molar-refractivity contribution in [2.45, 2.75) is 45.1 Å². The fourth-order valence-corrected chi connectivity index (χ4v) is 4.03. The van der Waals surface area contributed by atoms with Gasteiger partial charge in [0.1, 0.15) is 5.01 Å². The predicted octanol–water partition coefficient (Wildman–Crippen LogP) is 2.14. The van der Waals surface area contributed by atoms with Gasteiger partial charge in [-0.25, -0.2) is 9.78 Å². The Morgan fingerprint density at radius 1 is 1.43 bits per heavy atom. The summed E-state index contributed by atoms with van der Waals surface area (Å²) >= 11 is 1.67. The van der Waals surface area contributed by atoms with E-state index in [0.717, 1.165) is 37.7 Å². The maximum Gasteiger partial charge on any atom is 0.490 e. The number of alkyl halides is 3. The first kappa shape index (κ1) is 22.6. The van der Waals surface area contributed by atoms with Crippen molar-refractivity contribution in [2.75, 3.05) is 19.7 Å². The first-order valence-electron chi connectivity index (χ1n) is 8.90. The number of halogens is 3. The van der Waals surface area contributed by atoms with Crippen molar-refractivity contribution in [1.29, 1.82) is 0 Å². The largest absolute Gasteiger partial charge is 0.490 e. The molecule has 1 aromatic rings. The number of nitrogens with zero attached hydrogens (tertiary/aromatic N) is 2. The molecular formula is C17H24F3N3O4S. The molecule has 28 heavy (non-hydrogen) atoms. The van der Waals surface area contributed by atoms with Gasteiger partial charge in [-0.3, -0.25) is 9.69 Å². The van der Waals surface area contributed by atoms with E-state index < -0.39 is 12.1 Å². The molecule has 3 heterocycles. The van der Waals surface area contributed by atoms with Gasteiger partial charge < -0.3 is 15.2 Å². The van der Waals surface area contributed by atoms with E-state index >= 15 is 0 Å². The Bertz CT molecular complexity index is 655. The van der Waals surface area contributed by atoms with Crippen molar-refractivity contribution >= 4 is 23.2 Å². The average molecular weight is 423 g/mol. The summed E-state index contributed by atoms with van der Waals surface area (Å²) in [6, 6.07) is 0.188. The minimum Gasteiger partial charge on any atom is -0.475 e. The molecule has 3 atom stereocenters. The van der Waals surface area contributed by atoms with E-state index in [1.165, 1.54) is 0 Å². The summed E-state index contributed by atoms with van der Waals surface area (Å²) in [6.45, 7) is 7.34. The van der Waals surface area contributed by atoms with Crippen LogP contribution in [0.4, 0.5) is 13.2 Å². The van der Waals surface area contributed by atoms with Crippen LogP contribution >= 0.6 is 11.3 Å². The van der Waals surface area contributed by atoms with Gasteiger partial charge >= 0.3 is 12.1 Å². The number of thiazole rings is 1. The summed E-state index contributed by atoms with van der Waals surface area (Å²) < 4.78 is 37.6. The number of carbonyl (C=O) groups excluding carboxylic acids is 1. The van der Waals surface area contributed by atoms with Crippen LogP contribution in [-0.4, -0.2) is 64.9 Å². The second kappa shape index (κ2) is 9.66. The van der Waals surface area contributed by atoms with Crippen LogP contribution in [0.15, 0.2) is 11.6 Å². The average Bonchev–Trinajstić information content (AvgIpc) is 3.24. The lowest BCUT2D eigenvalue weighted by Crippen LogP contribution is -2.53. The van der Waals surface area contributed by atoms with Crippen LogP contribution in [-0.2, 0) is 20.9 Å². The zero-order valence-electron chi connectivity index (χ0n) is 15.6. The van der Waals surface area contributed by atoms with Gasteiger partial charge in [0, 0.05) is 43.2 Å². The molecule has 0 aliphatic carbocycles. The van der Waals surface area contributed by atoms with Crippen LogP contribution in [0.5, 0.6) is 0 Å². The second-order valence-electron chi connectivity index (χ2n) is 7.05. The number of aromatic nitrogens is 1. The Morgan fingerprint density at radius 2 is 2.11 bits per heavy atom. The molecule has 0 unspecified atom stereocenters. The highest BCUT2D eigenvalue weighted by Crippen LogP contribution is 2.34. The number of carboxylic acid groups (broad SMARTS) is 1. The Labute approximate surface area is 164 Å². The van der Waals surface area contributed by atoms with Gasteiger partial charge in [0.2, 0.25) is 5.91 Å². The number of carboxylic acids is 1. The van der Waals surface area contributed by atoms with Gasteiger partial charge in [-0.2, -0.15) is 13.2 Å². The second-order valence-corrected chi connectivity index (χ2v) is 8.03. The standard InChI is InChI=1S/C15H23N3O2S.C2HF3O2/c1-10(2)17-15(19)12-7-18(9-14-16-4-6-21-14)8-13-11(12)3-5-20-13;3-2(4,5)1(6)7/h4,6,10-13H,3,5,7-9H2,1-2H3,(H,17,19);(H,6,7)/t11-,12-,13+;/m0./s1. The lowest BCUT2D eigenvalue weighted by Gasteiger charge is -2.39. The molecule has 7 nitrogen and oxygen atoms in total.